The smallest absolute Gasteiger partial charge is 0.414 e. The molecule has 1 aromatic rings. The highest BCUT2D eigenvalue weighted by Gasteiger charge is 2.34. The van der Waals surface area contributed by atoms with Gasteiger partial charge in [0.15, 0.2) is 0 Å². The Kier molecular flexibility index (Phi) is 4.06. The van der Waals surface area contributed by atoms with E-state index in [2.05, 4.69) is 19.9 Å². The molecule has 2 rings (SSSR count). The molecule has 0 N–H and O–H groups in total. The zero-order valence-corrected chi connectivity index (χ0v) is 11.3. The second-order valence-corrected chi connectivity index (χ2v) is 4.61. The Balaban J connectivity index is 2.36. The third-order valence-electron chi connectivity index (χ3n) is 3.43. The molecule has 0 saturated carbocycles. The third-order valence-corrected chi connectivity index (χ3v) is 3.43. The van der Waals surface area contributed by atoms with E-state index >= 15 is 0 Å². The molecule has 4 heteroatoms. The van der Waals surface area contributed by atoms with Gasteiger partial charge in [-0.3, -0.25) is 4.90 Å². The van der Waals surface area contributed by atoms with E-state index in [9.17, 15) is 4.79 Å². The van der Waals surface area contributed by atoms with Gasteiger partial charge in [0.05, 0.1) is 24.7 Å². The van der Waals surface area contributed by atoms with Crippen LogP contribution < -0.4 is 4.90 Å². The SMILES string of the molecule is CCc1cccc(CC)c1N1CC(CC#N)OC1=O. The lowest BCUT2D eigenvalue weighted by Crippen LogP contribution is -2.26. The van der Waals surface area contributed by atoms with Crippen molar-refractivity contribution in [2.75, 3.05) is 11.4 Å². The van der Waals surface area contributed by atoms with E-state index in [0.29, 0.717) is 6.54 Å². The molecule has 0 bridgehead atoms. The average molecular weight is 258 g/mol. The summed E-state index contributed by atoms with van der Waals surface area (Å²) < 4.78 is 5.23. The molecule has 1 fully saturated rings. The Bertz CT molecular complexity index is 497. The van der Waals surface area contributed by atoms with Crippen LogP contribution in [0.3, 0.4) is 0 Å². The summed E-state index contributed by atoms with van der Waals surface area (Å²) in [5, 5.41) is 8.71. The van der Waals surface area contributed by atoms with Gasteiger partial charge < -0.3 is 4.74 Å². The topological polar surface area (TPSA) is 53.3 Å². The number of rotatable bonds is 4. The largest absolute Gasteiger partial charge is 0.443 e. The number of para-hydroxylation sites is 1. The minimum Gasteiger partial charge on any atom is -0.443 e. The van der Waals surface area contributed by atoms with Crippen LogP contribution in [0.15, 0.2) is 18.2 Å². The van der Waals surface area contributed by atoms with Crippen LogP contribution in [0.4, 0.5) is 10.5 Å². The van der Waals surface area contributed by atoms with Crippen molar-refractivity contribution < 1.29 is 9.53 Å². The summed E-state index contributed by atoms with van der Waals surface area (Å²) in [5.41, 5.74) is 3.26. The number of hydrogen-bond acceptors (Lipinski definition) is 3. The van der Waals surface area contributed by atoms with Gasteiger partial charge in [0, 0.05) is 0 Å². The Morgan fingerprint density at radius 3 is 2.53 bits per heavy atom. The van der Waals surface area contributed by atoms with E-state index < -0.39 is 0 Å². The molecule has 4 nitrogen and oxygen atoms in total. The van der Waals surface area contributed by atoms with Gasteiger partial charge in [0.2, 0.25) is 0 Å². The molecule has 1 aliphatic rings. The molecule has 1 heterocycles. The van der Waals surface area contributed by atoms with Gasteiger partial charge in [-0.1, -0.05) is 32.0 Å². The number of nitrogens with zero attached hydrogens (tertiary/aromatic N) is 2. The van der Waals surface area contributed by atoms with Gasteiger partial charge in [0.1, 0.15) is 6.10 Å². The van der Waals surface area contributed by atoms with Crippen LogP contribution in [-0.4, -0.2) is 18.7 Å². The minimum absolute atomic E-state index is 0.248. The summed E-state index contributed by atoms with van der Waals surface area (Å²) in [6.07, 6.45) is 1.34. The van der Waals surface area contributed by atoms with Crippen LogP contribution in [0, 0.1) is 11.3 Å². The van der Waals surface area contributed by atoms with Crippen molar-refractivity contribution in [3.05, 3.63) is 29.3 Å². The maximum Gasteiger partial charge on any atom is 0.414 e. The molecule has 1 aliphatic heterocycles. The highest BCUT2D eigenvalue weighted by Crippen LogP contribution is 2.31. The summed E-state index contributed by atoms with van der Waals surface area (Å²) in [4.78, 5) is 13.7. The van der Waals surface area contributed by atoms with Gasteiger partial charge in [-0.25, -0.2) is 4.79 Å². The maximum atomic E-state index is 12.0. The highest BCUT2D eigenvalue weighted by molar-refractivity contribution is 5.91. The van der Waals surface area contributed by atoms with Gasteiger partial charge in [-0.15, -0.1) is 0 Å². The Morgan fingerprint density at radius 2 is 2.00 bits per heavy atom. The van der Waals surface area contributed by atoms with Crippen molar-refractivity contribution >= 4 is 11.8 Å². The third kappa shape index (κ3) is 2.55. The minimum atomic E-state index is -0.337. The van der Waals surface area contributed by atoms with Crippen molar-refractivity contribution in [1.29, 1.82) is 5.26 Å². The summed E-state index contributed by atoms with van der Waals surface area (Å²) in [7, 11) is 0. The molecule has 1 unspecified atom stereocenters. The maximum absolute atomic E-state index is 12.0. The first-order valence-electron chi connectivity index (χ1n) is 6.67. The zero-order chi connectivity index (χ0) is 13.8. The van der Waals surface area contributed by atoms with E-state index in [0.717, 1.165) is 29.7 Å². The molecule has 1 saturated heterocycles. The lowest BCUT2D eigenvalue weighted by atomic mass is 10.0. The van der Waals surface area contributed by atoms with E-state index in [4.69, 9.17) is 10.00 Å². The molecular formula is C15H18N2O2. The lowest BCUT2D eigenvalue weighted by Gasteiger charge is -2.20. The van der Waals surface area contributed by atoms with Gasteiger partial charge >= 0.3 is 6.09 Å². The predicted molar refractivity (Wildman–Crippen MR) is 73.0 cm³/mol. The lowest BCUT2D eigenvalue weighted by molar-refractivity contribution is 0.143. The van der Waals surface area contributed by atoms with Crippen LogP contribution in [0.25, 0.3) is 0 Å². The normalized spacial score (nSPS) is 18.3. The Labute approximate surface area is 113 Å². The molecule has 0 aliphatic carbocycles. The van der Waals surface area contributed by atoms with Crippen molar-refractivity contribution in [3.63, 3.8) is 0 Å². The first-order chi connectivity index (χ1) is 9.21. The zero-order valence-electron chi connectivity index (χ0n) is 11.3. The number of hydrogen-bond donors (Lipinski definition) is 0. The molecule has 1 amide bonds. The van der Waals surface area contributed by atoms with Crippen molar-refractivity contribution in [1.82, 2.24) is 0 Å². The van der Waals surface area contributed by atoms with Crippen molar-refractivity contribution in [2.24, 2.45) is 0 Å². The van der Waals surface area contributed by atoms with E-state index in [1.165, 1.54) is 0 Å². The fourth-order valence-corrected chi connectivity index (χ4v) is 2.47. The second kappa shape index (κ2) is 5.75. The van der Waals surface area contributed by atoms with E-state index in [1.807, 2.05) is 18.2 Å². The quantitative estimate of drug-likeness (QED) is 0.834. The highest BCUT2D eigenvalue weighted by atomic mass is 16.6. The molecule has 0 radical (unpaired) electrons. The van der Waals surface area contributed by atoms with Crippen LogP contribution >= 0.6 is 0 Å². The number of amides is 1. The van der Waals surface area contributed by atoms with E-state index in [-0.39, 0.29) is 18.6 Å². The van der Waals surface area contributed by atoms with Crippen molar-refractivity contribution in [2.45, 2.75) is 39.2 Å². The number of carbonyl (C=O) groups is 1. The fourth-order valence-electron chi connectivity index (χ4n) is 2.47. The first kappa shape index (κ1) is 13.4. The number of cyclic esters (lactones) is 1. The average Bonchev–Trinajstić information content (AvgIpc) is 2.78. The van der Waals surface area contributed by atoms with Crippen molar-refractivity contribution in [3.8, 4) is 6.07 Å². The molecule has 19 heavy (non-hydrogen) atoms. The number of nitriles is 1. The second-order valence-electron chi connectivity index (χ2n) is 4.61. The summed E-state index contributed by atoms with van der Waals surface area (Å²) in [5.74, 6) is 0. The van der Waals surface area contributed by atoms with Crippen LogP contribution in [0.2, 0.25) is 0 Å². The Hall–Kier alpha value is -2.02. The van der Waals surface area contributed by atoms with E-state index in [1.54, 1.807) is 4.90 Å². The van der Waals surface area contributed by atoms with Gasteiger partial charge in [-0.2, -0.15) is 5.26 Å². The monoisotopic (exact) mass is 258 g/mol. The summed E-state index contributed by atoms with van der Waals surface area (Å²) in [6.45, 7) is 4.62. The first-order valence-corrected chi connectivity index (χ1v) is 6.67. The number of carbonyl (C=O) groups excluding carboxylic acids is 1. The standard InChI is InChI=1S/C15H18N2O2/c1-3-11-6-5-7-12(4-2)14(11)17-10-13(8-9-16)19-15(17)18/h5-7,13H,3-4,8,10H2,1-2H3. The van der Waals surface area contributed by atoms with Gasteiger partial charge in [-0.05, 0) is 24.0 Å². The summed E-state index contributed by atoms with van der Waals surface area (Å²) in [6, 6.07) is 8.16. The molecule has 1 aromatic carbocycles. The number of aryl methyl sites for hydroxylation is 2. The fraction of sp³-hybridized carbons (Fsp3) is 0.467. The molecule has 0 spiro atoms. The predicted octanol–water partition coefficient (Wildman–Crippen LogP) is 3.05. The molecular weight excluding hydrogens is 240 g/mol. The number of benzene rings is 1. The summed E-state index contributed by atoms with van der Waals surface area (Å²) >= 11 is 0. The van der Waals surface area contributed by atoms with Crippen LogP contribution in [0.5, 0.6) is 0 Å². The van der Waals surface area contributed by atoms with Gasteiger partial charge in [0.25, 0.3) is 0 Å². The number of ether oxygens (including phenoxy) is 1. The molecule has 1 atom stereocenters. The number of anilines is 1. The molecule has 100 valence electrons. The van der Waals surface area contributed by atoms with Crippen LogP contribution in [-0.2, 0) is 17.6 Å². The Morgan fingerprint density at radius 1 is 1.37 bits per heavy atom. The van der Waals surface area contributed by atoms with Crippen LogP contribution in [0.1, 0.15) is 31.4 Å². The molecule has 0 aromatic heterocycles.